The first kappa shape index (κ1) is 18.2. The van der Waals surface area contributed by atoms with Crippen molar-refractivity contribution in [3.63, 3.8) is 0 Å². The van der Waals surface area contributed by atoms with Crippen molar-refractivity contribution in [2.24, 2.45) is 0 Å². The molecule has 0 aliphatic rings. The van der Waals surface area contributed by atoms with Gasteiger partial charge in [-0.15, -0.1) is 0 Å². The van der Waals surface area contributed by atoms with E-state index in [1.807, 2.05) is 0 Å². The van der Waals surface area contributed by atoms with Crippen LogP contribution in [0.25, 0.3) is 0 Å². The standard InChI is InChI=1S/C20H34Si/c1-4-5-6-7-8-9-10-11-12-16-19-21(2,3)20-17-14-13-15-18-20/h13-19H,4-12H2,1-3H3/b19-16-. The molecule has 0 N–H and O–H groups in total. The molecule has 1 aromatic carbocycles. The molecule has 1 rings (SSSR count). The number of allylic oxidation sites excluding steroid dienone is 1. The Morgan fingerprint density at radius 1 is 0.810 bits per heavy atom. The molecule has 118 valence electrons. The van der Waals surface area contributed by atoms with Gasteiger partial charge >= 0.3 is 0 Å². The van der Waals surface area contributed by atoms with Crippen molar-refractivity contribution in [2.45, 2.75) is 77.8 Å². The van der Waals surface area contributed by atoms with Crippen LogP contribution in [-0.4, -0.2) is 8.07 Å². The molecule has 1 aromatic rings. The molecule has 21 heavy (non-hydrogen) atoms. The summed E-state index contributed by atoms with van der Waals surface area (Å²) < 4.78 is 0. The Labute approximate surface area is 133 Å². The highest BCUT2D eigenvalue weighted by molar-refractivity contribution is 6.93. The normalized spacial score (nSPS) is 12.1. The largest absolute Gasteiger partial charge is 0.103 e. The quantitative estimate of drug-likeness (QED) is 0.336. The van der Waals surface area contributed by atoms with Crippen LogP contribution in [0, 0.1) is 0 Å². The summed E-state index contributed by atoms with van der Waals surface area (Å²) in [6.07, 6.45) is 15.0. The van der Waals surface area contributed by atoms with Gasteiger partial charge in [0.25, 0.3) is 0 Å². The van der Waals surface area contributed by atoms with Crippen LogP contribution in [0.3, 0.4) is 0 Å². The second-order valence-corrected chi connectivity index (χ2v) is 11.1. The summed E-state index contributed by atoms with van der Waals surface area (Å²) in [7, 11) is -1.35. The molecule has 0 aromatic heterocycles. The minimum Gasteiger partial charge on any atom is -0.0943 e. The fourth-order valence-electron chi connectivity index (χ4n) is 2.74. The highest BCUT2D eigenvalue weighted by Gasteiger charge is 2.18. The van der Waals surface area contributed by atoms with Crippen LogP contribution in [0.1, 0.15) is 64.7 Å². The maximum Gasteiger partial charge on any atom is 0.103 e. The Kier molecular flexibility index (Phi) is 9.41. The zero-order chi connectivity index (χ0) is 15.4. The van der Waals surface area contributed by atoms with Crippen molar-refractivity contribution in [3.8, 4) is 0 Å². The number of hydrogen-bond donors (Lipinski definition) is 0. The molecular formula is C20H34Si. The maximum absolute atomic E-state index is 2.52. The van der Waals surface area contributed by atoms with E-state index in [9.17, 15) is 0 Å². The predicted octanol–water partition coefficient (Wildman–Crippen LogP) is 6.23. The first-order chi connectivity index (χ1) is 10.2. The summed E-state index contributed by atoms with van der Waals surface area (Å²) in [4.78, 5) is 0. The van der Waals surface area contributed by atoms with Crippen molar-refractivity contribution in [1.82, 2.24) is 0 Å². The Hall–Kier alpha value is -0.823. The third kappa shape index (κ3) is 8.26. The van der Waals surface area contributed by atoms with E-state index >= 15 is 0 Å². The maximum atomic E-state index is 2.52. The summed E-state index contributed by atoms with van der Waals surface area (Å²) in [6, 6.07) is 11.0. The van der Waals surface area contributed by atoms with Gasteiger partial charge in [0.05, 0.1) is 0 Å². The molecule has 0 aliphatic heterocycles. The summed E-state index contributed by atoms with van der Waals surface area (Å²) in [5, 5.41) is 1.54. The van der Waals surface area contributed by atoms with Crippen molar-refractivity contribution < 1.29 is 0 Å². The molecule has 0 amide bonds. The smallest absolute Gasteiger partial charge is 0.0943 e. The number of hydrogen-bond acceptors (Lipinski definition) is 0. The second-order valence-electron chi connectivity index (χ2n) is 6.75. The molecule has 0 spiro atoms. The second kappa shape index (κ2) is 10.8. The predicted molar refractivity (Wildman–Crippen MR) is 99.9 cm³/mol. The minimum atomic E-state index is -1.35. The first-order valence-electron chi connectivity index (χ1n) is 8.90. The van der Waals surface area contributed by atoms with E-state index < -0.39 is 8.07 Å². The highest BCUT2D eigenvalue weighted by atomic mass is 28.3. The highest BCUT2D eigenvalue weighted by Crippen LogP contribution is 2.11. The zero-order valence-corrected chi connectivity index (χ0v) is 15.4. The number of unbranched alkanes of at least 4 members (excludes halogenated alkanes) is 8. The van der Waals surface area contributed by atoms with Gasteiger partial charge in [-0.05, 0) is 12.8 Å². The van der Waals surface area contributed by atoms with Gasteiger partial charge in [0.1, 0.15) is 8.07 Å². The molecule has 1 heteroatoms. The van der Waals surface area contributed by atoms with Crippen LogP contribution < -0.4 is 5.19 Å². The van der Waals surface area contributed by atoms with Gasteiger partial charge in [-0.2, -0.15) is 0 Å². The molecular weight excluding hydrogens is 268 g/mol. The lowest BCUT2D eigenvalue weighted by Gasteiger charge is -2.18. The van der Waals surface area contributed by atoms with E-state index in [0.717, 1.165) is 0 Å². The lowest BCUT2D eigenvalue weighted by molar-refractivity contribution is 0.577. The Morgan fingerprint density at radius 2 is 1.38 bits per heavy atom. The van der Waals surface area contributed by atoms with E-state index in [-0.39, 0.29) is 0 Å². The van der Waals surface area contributed by atoms with Gasteiger partial charge in [0.2, 0.25) is 0 Å². The molecule has 0 bridgehead atoms. The Morgan fingerprint density at radius 3 is 2.00 bits per heavy atom. The van der Waals surface area contributed by atoms with E-state index in [1.54, 1.807) is 0 Å². The van der Waals surface area contributed by atoms with Gasteiger partial charge < -0.3 is 0 Å². The summed E-state index contributed by atoms with van der Waals surface area (Å²) in [6.45, 7) is 7.16. The lowest BCUT2D eigenvalue weighted by atomic mass is 10.1. The molecule has 0 atom stereocenters. The minimum absolute atomic E-state index is 1.26. The topological polar surface area (TPSA) is 0 Å². The third-order valence-corrected chi connectivity index (χ3v) is 7.17. The fourth-order valence-corrected chi connectivity index (χ4v) is 4.74. The molecule has 0 heterocycles. The summed E-state index contributed by atoms with van der Waals surface area (Å²) in [5.41, 5.74) is 2.52. The van der Waals surface area contributed by atoms with Crippen LogP contribution in [0.5, 0.6) is 0 Å². The van der Waals surface area contributed by atoms with Gasteiger partial charge in [0.15, 0.2) is 0 Å². The van der Waals surface area contributed by atoms with E-state index in [2.05, 4.69) is 62.1 Å². The SMILES string of the molecule is CCCCCCCCCC/C=C\[Si](C)(C)c1ccccc1. The molecule has 0 unspecified atom stereocenters. The van der Waals surface area contributed by atoms with Crippen molar-refractivity contribution in [1.29, 1.82) is 0 Å². The van der Waals surface area contributed by atoms with Gasteiger partial charge in [-0.3, -0.25) is 0 Å². The molecule has 0 saturated carbocycles. The van der Waals surface area contributed by atoms with Gasteiger partial charge in [-0.1, -0.05) is 112 Å². The first-order valence-corrected chi connectivity index (χ1v) is 12.0. The average Bonchev–Trinajstić information content (AvgIpc) is 2.50. The molecule has 0 aliphatic carbocycles. The van der Waals surface area contributed by atoms with Crippen LogP contribution in [0.4, 0.5) is 0 Å². The van der Waals surface area contributed by atoms with Crippen LogP contribution in [-0.2, 0) is 0 Å². The van der Waals surface area contributed by atoms with Gasteiger partial charge in [-0.25, -0.2) is 0 Å². The summed E-state index contributed by atoms with van der Waals surface area (Å²) in [5.74, 6) is 0. The average molecular weight is 303 g/mol. The molecule has 0 radical (unpaired) electrons. The van der Waals surface area contributed by atoms with E-state index in [0.29, 0.717) is 0 Å². The Balaban J connectivity index is 2.12. The third-order valence-electron chi connectivity index (χ3n) is 4.28. The Bertz CT molecular complexity index is 378. The van der Waals surface area contributed by atoms with Crippen LogP contribution in [0.2, 0.25) is 13.1 Å². The monoisotopic (exact) mass is 302 g/mol. The van der Waals surface area contributed by atoms with E-state index in [4.69, 9.17) is 0 Å². The van der Waals surface area contributed by atoms with Crippen LogP contribution >= 0.6 is 0 Å². The number of rotatable bonds is 11. The lowest BCUT2D eigenvalue weighted by Crippen LogP contribution is -2.39. The fraction of sp³-hybridized carbons (Fsp3) is 0.600. The van der Waals surface area contributed by atoms with Crippen molar-refractivity contribution in [2.75, 3.05) is 0 Å². The van der Waals surface area contributed by atoms with Crippen molar-refractivity contribution in [3.05, 3.63) is 42.1 Å². The van der Waals surface area contributed by atoms with Crippen molar-refractivity contribution >= 4 is 13.3 Å². The van der Waals surface area contributed by atoms with Gasteiger partial charge in [0, 0.05) is 0 Å². The van der Waals surface area contributed by atoms with E-state index in [1.165, 1.54) is 63.0 Å². The molecule has 0 saturated heterocycles. The molecule has 0 nitrogen and oxygen atoms in total. The zero-order valence-electron chi connectivity index (χ0n) is 14.4. The number of benzene rings is 1. The summed E-state index contributed by atoms with van der Waals surface area (Å²) >= 11 is 0. The van der Waals surface area contributed by atoms with Crippen LogP contribution in [0.15, 0.2) is 42.1 Å². The molecule has 0 fully saturated rings.